The van der Waals surface area contributed by atoms with Crippen molar-refractivity contribution in [1.29, 1.82) is 0 Å². The van der Waals surface area contributed by atoms with Crippen molar-refractivity contribution in [2.75, 3.05) is 0 Å². The van der Waals surface area contributed by atoms with Gasteiger partial charge in [0.1, 0.15) is 6.26 Å². The maximum Gasteiger partial charge on any atom is 0.128 e. The molecule has 84 valence electrons. The second kappa shape index (κ2) is 5.14. The number of rotatable bonds is 4. The molecule has 1 N–H and O–H groups in total. The van der Waals surface area contributed by atoms with Crippen LogP contribution in [-0.4, -0.2) is 5.16 Å². The van der Waals surface area contributed by atoms with Gasteiger partial charge in [0.2, 0.25) is 0 Å². The smallest absolute Gasteiger partial charge is 0.128 e. The first-order valence-corrected chi connectivity index (χ1v) is 5.50. The normalized spacial score (nSPS) is 12.6. The van der Waals surface area contributed by atoms with E-state index in [1.807, 2.05) is 24.3 Å². The third-order valence-electron chi connectivity index (χ3n) is 2.47. The summed E-state index contributed by atoms with van der Waals surface area (Å²) in [7, 11) is 0. The first-order chi connectivity index (χ1) is 7.75. The van der Waals surface area contributed by atoms with Crippen molar-refractivity contribution >= 4 is 11.6 Å². The van der Waals surface area contributed by atoms with E-state index in [2.05, 4.69) is 17.4 Å². The molecule has 0 saturated carbocycles. The van der Waals surface area contributed by atoms with Gasteiger partial charge in [0, 0.05) is 23.2 Å². The molecular weight excluding hydrogens is 224 g/mol. The molecule has 1 atom stereocenters. The third kappa shape index (κ3) is 2.84. The standard InChI is InChI=1S/C12H13ClN2O/c1-9(11-2-4-12(13)5-3-11)14-6-10-7-15-16-8-10/h2-5,7-9,14H,6H2,1H3. The third-order valence-corrected chi connectivity index (χ3v) is 2.72. The van der Waals surface area contributed by atoms with E-state index < -0.39 is 0 Å². The van der Waals surface area contributed by atoms with Gasteiger partial charge in [-0.25, -0.2) is 0 Å². The number of hydrogen-bond acceptors (Lipinski definition) is 3. The van der Waals surface area contributed by atoms with Crippen molar-refractivity contribution in [3.8, 4) is 0 Å². The molecule has 1 unspecified atom stereocenters. The molecule has 1 aromatic carbocycles. The van der Waals surface area contributed by atoms with Gasteiger partial charge in [0.15, 0.2) is 0 Å². The Kier molecular flexibility index (Phi) is 3.59. The van der Waals surface area contributed by atoms with Gasteiger partial charge >= 0.3 is 0 Å². The summed E-state index contributed by atoms with van der Waals surface area (Å²) in [5.74, 6) is 0. The molecule has 0 radical (unpaired) electrons. The first-order valence-electron chi connectivity index (χ1n) is 5.13. The highest BCUT2D eigenvalue weighted by atomic mass is 35.5. The average molecular weight is 237 g/mol. The van der Waals surface area contributed by atoms with Crippen molar-refractivity contribution in [2.24, 2.45) is 0 Å². The van der Waals surface area contributed by atoms with Gasteiger partial charge in [-0.2, -0.15) is 0 Å². The molecule has 0 aliphatic heterocycles. The maximum atomic E-state index is 5.83. The van der Waals surface area contributed by atoms with Gasteiger partial charge in [-0.15, -0.1) is 0 Å². The van der Waals surface area contributed by atoms with Gasteiger partial charge in [0.05, 0.1) is 6.20 Å². The van der Waals surface area contributed by atoms with E-state index in [1.165, 1.54) is 5.56 Å². The van der Waals surface area contributed by atoms with Gasteiger partial charge in [-0.1, -0.05) is 28.9 Å². The lowest BCUT2D eigenvalue weighted by Gasteiger charge is -2.13. The molecular formula is C12H13ClN2O. The van der Waals surface area contributed by atoms with E-state index >= 15 is 0 Å². The van der Waals surface area contributed by atoms with Crippen LogP contribution in [0.15, 0.2) is 41.2 Å². The van der Waals surface area contributed by atoms with Gasteiger partial charge in [-0.05, 0) is 24.6 Å². The average Bonchev–Trinajstić information content (AvgIpc) is 2.80. The minimum absolute atomic E-state index is 0.271. The predicted molar refractivity (Wildman–Crippen MR) is 63.2 cm³/mol. The van der Waals surface area contributed by atoms with Gasteiger partial charge in [-0.3, -0.25) is 0 Å². The van der Waals surface area contributed by atoms with Crippen LogP contribution in [0.25, 0.3) is 0 Å². The van der Waals surface area contributed by atoms with Crippen LogP contribution in [0.5, 0.6) is 0 Å². The lowest BCUT2D eigenvalue weighted by Crippen LogP contribution is -2.17. The van der Waals surface area contributed by atoms with Crippen molar-refractivity contribution in [1.82, 2.24) is 10.5 Å². The Labute approximate surface area is 99.4 Å². The lowest BCUT2D eigenvalue weighted by atomic mass is 10.1. The Hall–Kier alpha value is -1.32. The molecule has 16 heavy (non-hydrogen) atoms. The summed E-state index contributed by atoms with van der Waals surface area (Å²) >= 11 is 5.83. The van der Waals surface area contributed by atoms with Crippen LogP contribution in [0, 0.1) is 0 Å². The van der Waals surface area contributed by atoms with Crippen LogP contribution in [-0.2, 0) is 6.54 Å². The minimum atomic E-state index is 0.271. The van der Waals surface area contributed by atoms with Crippen LogP contribution in [0.2, 0.25) is 5.02 Å². The topological polar surface area (TPSA) is 38.1 Å². The summed E-state index contributed by atoms with van der Waals surface area (Å²) < 4.78 is 4.76. The fourth-order valence-corrected chi connectivity index (χ4v) is 1.58. The zero-order chi connectivity index (χ0) is 11.4. The van der Waals surface area contributed by atoms with Crippen molar-refractivity contribution < 1.29 is 4.52 Å². The fourth-order valence-electron chi connectivity index (χ4n) is 1.45. The van der Waals surface area contributed by atoms with Crippen molar-refractivity contribution in [3.63, 3.8) is 0 Å². The molecule has 0 fully saturated rings. The van der Waals surface area contributed by atoms with E-state index in [-0.39, 0.29) is 6.04 Å². The number of nitrogens with zero attached hydrogens (tertiary/aromatic N) is 1. The highest BCUT2D eigenvalue weighted by Crippen LogP contribution is 2.16. The zero-order valence-electron chi connectivity index (χ0n) is 8.98. The molecule has 3 nitrogen and oxygen atoms in total. The summed E-state index contributed by atoms with van der Waals surface area (Å²) in [5, 5.41) is 7.79. The molecule has 0 saturated heterocycles. The lowest BCUT2D eigenvalue weighted by molar-refractivity contribution is 0.418. The molecule has 0 bridgehead atoms. The molecule has 0 aliphatic rings. The maximum absolute atomic E-state index is 5.83. The van der Waals surface area contributed by atoms with Crippen molar-refractivity contribution in [2.45, 2.75) is 19.5 Å². The number of aromatic nitrogens is 1. The summed E-state index contributed by atoms with van der Waals surface area (Å²) in [6.45, 7) is 2.85. The second-order valence-electron chi connectivity index (χ2n) is 3.69. The highest BCUT2D eigenvalue weighted by Gasteiger charge is 2.05. The number of hydrogen-bond donors (Lipinski definition) is 1. The SMILES string of the molecule is CC(NCc1cnoc1)c1ccc(Cl)cc1. The Bertz CT molecular complexity index is 425. The summed E-state index contributed by atoms with van der Waals surface area (Å²) in [6.07, 6.45) is 3.35. The largest absolute Gasteiger partial charge is 0.364 e. The van der Waals surface area contributed by atoms with E-state index in [1.54, 1.807) is 12.5 Å². The van der Waals surface area contributed by atoms with E-state index in [4.69, 9.17) is 16.1 Å². The van der Waals surface area contributed by atoms with Gasteiger partial charge in [0.25, 0.3) is 0 Å². The first kappa shape index (κ1) is 11.2. The number of halogens is 1. The van der Waals surface area contributed by atoms with Crippen LogP contribution in [0.4, 0.5) is 0 Å². The molecule has 0 amide bonds. The molecule has 1 aromatic heterocycles. The fraction of sp³-hybridized carbons (Fsp3) is 0.250. The molecule has 0 aliphatic carbocycles. The number of nitrogens with one attached hydrogen (secondary N) is 1. The Morgan fingerprint density at radius 3 is 2.75 bits per heavy atom. The highest BCUT2D eigenvalue weighted by molar-refractivity contribution is 6.30. The van der Waals surface area contributed by atoms with E-state index in [0.717, 1.165) is 17.1 Å². The Morgan fingerprint density at radius 2 is 2.12 bits per heavy atom. The Balaban J connectivity index is 1.93. The molecule has 2 aromatic rings. The number of benzene rings is 1. The van der Waals surface area contributed by atoms with E-state index in [0.29, 0.717) is 0 Å². The summed E-state index contributed by atoms with van der Waals surface area (Å²) in [5.41, 5.74) is 2.25. The van der Waals surface area contributed by atoms with Crippen LogP contribution in [0.1, 0.15) is 24.1 Å². The molecule has 0 spiro atoms. The van der Waals surface area contributed by atoms with Crippen molar-refractivity contribution in [3.05, 3.63) is 52.9 Å². The van der Waals surface area contributed by atoms with Crippen LogP contribution >= 0.6 is 11.6 Å². The van der Waals surface area contributed by atoms with Gasteiger partial charge < -0.3 is 9.84 Å². The second-order valence-corrected chi connectivity index (χ2v) is 4.12. The van der Waals surface area contributed by atoms with Crippen LogP contribution < -0.4 is 5.32 Å². The quantitative estimate of drug-likeness (QED) is 0.886. The zero-order valence-corrected chi connectivity index (χ0v) is 9.74. The van der Waals surface area contributed by atoms with Crippen LogP contribution in [0.3, 0.4) is 0 Å². The minimum Gasteiger partial charge on any atom is -0.364 e. The summed E-state index contributed by atoms with van der Waals surface area (Å²) in [4.78, 5) is 0. The molecule has 2 rings (SSSR count). The molecule has 4 heteroatoms. The monoisotopic (exact) mass is 236 g/mol. The summed E-state index contributed by atoms with van der Waals surface area (Å²) in [6, 6.07) is 8.11. The molecule has 1 heterocycles. The Morgan fingerprint density at radius 1 is 1.38 bits per heavy atom. The van der Waals surface area contributed by atoms with E-state index in [9.17, 15) is 0 Å². The predicted octanol–water partition coefficient (Wildman–Crippen LogP) is 3.18.